The van der Waals surface area contributed by atoms with Crippen LogP contribution >= 0.6 is 35.0 Å². The minimum absolute atomic E-state index is 0.0460. The number of carbonyl (C=O) groups is 2. The topological polar surface area (TPSA) is 80.5 Å². The smallest absolute Gasteiger partial charge is 0.268 e. The average Bonchev–Trinajstić information content (AvgIpc) is 2.86. The van der Waals surface area contributed by atoms with Crippen LogP contribution in [0.15, 0.2) is 47.4 Å². The van der Waals surface area contributed by atoms with Gasteiger partial charge < -0.3 is 0 Å². The fraction of sp³-hybridized carbons (Fsp3) is 0.0588. The summed E-state index contributed by atoms with van der Waals surface area (Å²) in [5.74, 6) is -0.498. The third-order valence-corrected chi connectivity index (χ3v) is 5.26. The third-order valence-electron chi connectivity index (χ3n) is 3.64. The first-order chi connectivity index (χ1) is 12.4. The lowest BCUT2D eigenvalue weighted by Crippen LogP contribution is -2.27. The first-order valence-corrected chi connectivity index (χ1v) is 8.87. The molecule has 3 rings (SSSR count). The standard InChI is InChI=1S/C17H10Cl2N2O4S/c18-13-4-2-1-3-10(13)9-20-16(22)15(26-17(20)23)8-11-7-12(21(24)25)5-6-14(11)19/h1-8H,9H2. The van der Waals surface area contributed by atoms with E-state index in [1.165, 1.54) is 24.3 Å². The van der Waals surface area contributed by atoms with E-state index in [2.05, 4.69) is 0 Å². The van der Waals surface area contributed by atoms with Gasteiger partial charge in [0, 0.05) is 27.7 Å². The number of non-ortho nitro benzene ring substituents is 1. The van der Waals surface area contributed by atoms with E-state index in [1.54, 1.807) is 24.3 Å². The highest BCUT2D eigenvalue weighted by Crippen LogP contribution is 2.35. The lowest BCUT2D eigenvalue weighted by Gasteiger charge is -2.13. The molecule has 6 nitrogen and oxygen atoms in total. The van der Waals surface area contributed by atoms with Gasteiger partial charge in [-0.15, -0.1) is 0 Å². The Morgan fingerprint density at radius 3 is 2.54 bits per heavy atom. The van der Waals surface area contributed by atoms with Gasteiger partial charge in [-0.25, -0.2) is 0 Å². The number of thioether (sulfide) groups is 1. The van der Waals surface area contributed by atoms with E-state index in [1.807, 2.05) is 0 Å². The van der Waals surface area contributed by atoms with Gasteiger partial charge in [-0.05, 0) is 35.5 Å². The molecule has 0 unspecified atom stereocenters. The summed E-state index contributed by atoms with van der Waals surface area (Å²) in [5.41, 5.74) is 0.783. The molecular weight excluding hydrogens is 399 g/mol. The molecule has 0 atom stereocenters. The second kappa shape index (κ2) is 7.49. The van der Waals surface area contributed by atoms with Crippen molar-refractivity contribution >= 4 is 57.9 Å². The Labute approximate surface area is 162 Å². The van der Waals surface area contributed by atoms with Crippen LogP contribution in [0.1, 0.15) is 11.1 Å². The number of nitro benzene ring substituents is 1. The normalized spacial score (nSPS) is 15.8. The number of amides is 2. The molecule has 0 bridgehead atoms. The summed E-state index contributed by atoms with van der Waals surface area (Å²) in [4.78, 5) is 36.3. The Morgan fingerprint density at radius 1 is 1.12 bits per heavy atom. The van der Waals surface area contributed by atoms with Crippen LogP contribution < -0.4 is 0 Å². The molecule has 1 aliphatic rings. The summed E-state index contributed by atoms with van der Waals surface area (Å²) in [6.07, 6.45) is 1.38. The Bertz CT molecular complexity index is 962. The molecule has 2 aromatic rings. The predicted molar refractivity (Wildman–Crippen MR) is 101 cm³/mol. The first kappa shape index (κ1) is 18.4. The SMILES string of the molecule is O=C1SC(=Cc2cc([N+](=O)[O-])ccc2Cl)C(=O)N1Cc1ccccc1Cl. The zero-order chi connectivity index (χ0) is 18.8. The number of imide groups is 1. The predicted octanol–water partition coefficient (Wildman–Crippen LogP) is 5.14. The van der Waals surface area contributed by atoms with Crippen LogP contribution in [0.25, 0.3) is 6.08 Å². The summed E-state index contributed by atoms with van der Waals surface area (Å²) in [6, 6.07) is 10.8. The van der Waals surface area contributed by atoms with E-state index in [4.69, 9.17) is 23.2 Å². The first-order valence-electron chi connectivity index (χ1n) is 7.29. The van der Waals surface area contributed by atoms with Gasteiger partial charge in [0.25, 0.3) is 16.8 Å². The summed E-state index contributed by atoms with van der Waals surface area (Å²) in [5, 5.41) is 11.2. The number of benzene rings is 2. The monoisotopic (exact) mass is 408 g/mol. The lowest BCUT2D eigenvalue weighted by atomic mass is 10.1. The van der Waals surface area contributed by atoms with E-state index < -0.39 is 16.1 Å². The average molecular weight is 409 g/mol. The van der Waals surface area contributed by atoms with Crippen molar-refractivity contribution in [1.29, 1.82) is 0 Å². The molecule has 9 heteroatoms. The van der Waals surface area contributed by atoms with Crippen LogP contribution in [0.4, 0.5) is 10.5 Å². The molecule has 26 heavy (non-hydrogen) atoms. The molecule has 0 aromatic heterocycles. The molecular formula is C17H10Cl2N2O4S. The van der Waals surface area contributed by atoms with Crippen molar-refractivity contribution < 1.29 is 14.5 Å². The minimum atomic E-state index is -0.559. The number of nitrogens with zero attached hydrogens (tertiary/aromatic N) is 2. The second-order valence-electron chi connectivity index (χ2n) is 5.32. The van der Waals surface area contributed by atoms with E-state index in [0.717, 1.165) is 16.7 Å². The zero-order valence-corrected chi connectivity index (χ0v) is 15.3. The van der Waals surface area contributed by atoms with E-state index in [0.29, 0.717) is 16.1 Å². The Morgan fingerprint density at radius 2 is 1.85 bits per heavy atom. The maximum atomic E-state index is 12.6. The van der Waals surface area contributed by atoms with E-state index in [9.17, 15) is 19.7 Å². The highest BCUT2D eigenvalue weighted by atomic mass is 35.5. The number of halogens is 2. The summed E-state index contributed by atoms with van der Waals surface area (Å²) < 4.78 is 0. The van der Waals surface area contributed by atoms with Crippen molar-refractivity contribution in [3.05, 3.63) is 78.7 Å². The Kier molecular flexibility index (Phi) is 5.31. The Balaban J connectivity index is 1.89. The number of hydrogen-bond donors (Lipinski definition) is 0. The van der Waals surface area contributed by atoms with Crippen LogP contribution in [0.5, 0.6) is 0 Å². The number of nitro groups is 1. The molecule has 0 N–H and O–H groups in total. The summed E-state index contributed by atoms with van der Waals surface area (Å²) in [6.45, 7) is 0.0460. The van der Waals surface area contributed by atoms with Crippen molar-refractivity contribution in [2.24, 2.45) is 0 Å². The fourth-order valence-electron chi connectivity index (χ4n) is 2.33. The van der Waals surface area contributed by atoms with Gasteiger partial charge in [-0.1, -0.05) is 41.4 Å². The van der Waals surface area contributed by atoms with Crippen molar-refractivity contribution in [3.8, 4) is 0 Å². The fourth-order valence-corrected chi connectivity index (χ4v) is 3.53. The molecule has 1 fully saturated rings. The maximum Gasteiger partial charge on any atom is 0.293 e. The van der Waals surface area contributed by atoms with Crippen molar-refractivity contribution in [3.63, 3.8) is 0 Å². The number of rotatable bonds is 4. The van der Waals surface area contributed by atoms with Gasteiger partial charge in [-0.2, -0.15) is 0 Å². The Hall–Kier alpha value is -2.35. The van der Waals surface area contributed by atoms with Gasteiger partial charge >= 0.3 is 0 Å². The van der Waals surface area contributed by atoms with Crippen LogP contribution in [0, 0.1) is 10.1 Å². The molecule has 0 aliphatic carbocycles. The van der Waals surface area contributed by atoms with Gasteiger partial charge in [0.05, 0.1) is 16.4 Å². The number of hydrogen-bond acceptors (Lipinski definition) is 5. The van der Waals surface area contributed by atoms with Gasteiger partial charge in [0.2, 0.25) is 0 Å². The summed E-state index contributed by atoms with van der Waals surface area (Å²) >= 11 is 12.9. The largest absolute Gasteiger partial charge is 0.293 e. The van der Waals surface area contributed by atoms with Crippen molar-refractivity contribution in [2.75, 3.05) is 0 Å². The van der Waals surface area contributed by atoms with Crippen molar-refractivity contribution in [1.82, 2.24) is 4.90 Å². The van der Waals surface area contributed by atoms with E-state index >= 15 is 0 Å². The lowest BCUT2D eigenvalue weighted by molar-refractivity contribution is -0.384. The third kappa shape index (κ3) is 3.75. The van der Waals surface area contributed by atoms with Crippen molar-refractivity contribution in [2.45, 2.75) is 6.54 Å². The highest BCUT2D eigenvalue weighted by molar-refractivity contribution is 8.18. The molecule has 1 aliphatic heterocycles. The summed E-state index contributed by atoms with van der Waals surface area (Å²) in [7, 11) is 0. The van der Waals surface area contributed by atoms with Gasteiger partial charge in [0.1, 0.15) is 0 Å². The molecule has 132 valence electrons. The molecule has 2 aromatic carbocycles. The molecule has 2 amide bonds. The van der Waals surface area contributed by atoms with Crippen LogP contribution in [0.3, 0.4) is 0 Å². The zero-order valence-electron chi connectivity index (χ0n) is 13.0. The molecule has 1 heterocycles. The number of carbonyl (C=O) groups excluding carboxylic acids is 2. The van der Waals surface area contributed by atoms with Gasteiger partial charge in [0.15, 0.2) is 0 Å². The molecule has 0 saturated carbocycles. The van der Waals surface area contributed by atoms with E-state index in [-0.39, 0.29) is 22.2 Å². The van der Waals surface area contributed by atoms with Crippen LogP contribution in [-0.2, 0) is 11.3 Å². The van der Waals surface area contributed by atoms with Crippen LogP contribution in [-0.4, -0.2) is 21.0 Å². The van der Waals surface area contributed by atoms with Gasteiger partial charge in [-0.3, -0.25) is 24.6 Å². The minimum Gasteiger partial charge on any atom is -0.268 e. The maximum absolute atomic E-state index is 12.6. The van der Waals surface area contributed by atoms with Crippen LogP contribution in [0.2, 0.25) is 10.0 Å². The quantitative estimate of drug-likeness (QED) is 0.397. The second-order valence-corrected chi connectivity index (χ2v) is 7.13. The highest BCUT2D eigenvalue weighted by Gasteiger charge is 2.35. The molecule has 0 spiro atoms. The molecule has 0 radical (unpaired) electrons. The molecule has 1 saturated heterocycles.